The molecular formula is C13H17N3S2. The summed E-state index contributed by atoms with van der Waals surface area (Å²) >= 11 is 3.29. The molecule has 1 N–H and O–H groups in total. The molecule has 0 bridgehead atoms. The third kappa shape index (κ3) is 3.46. The van der Waals surface area contributed by atoms with Gasteiger partial charge in [-0.3, -0.25) is 0 Å². The molecule has 0 amide bonds. The third-order valence-corrected chi connectivity index (χ3v) is 4.37. The van der Waals surface area contributed by atoms with Gasteiger partial charge < -0.3 is 5.32 Å². The van der Waals surface area contributed by atoms with E-state index in [4.69, 9.17) is 0 Å². The minimum Gasteiger partial charge on any atom is -0.377 e. The van der Waals surface area contributed by atoms with Crippen LogP contribution in [0.1, 0.15) is 22.4 Å². The van der Waals surface area contributed by atoms with E-state index >= 15 is 0 Å². The van der Waals surface area contributed by atoms with Crippen molar-refractivity contribution in [2.24, 2.45) is 0 Å². The highest BCUT2D eigenvalue weighted by Gasteiger charge is 2.06. The van der Waals surface area contributed by atoms with Gasteiger partial charge in [-0.25, -0.2) is 0 Å². The molecule has 5 heteroatoms. The number of benzene rings is 1. The average Bonchev–Trinajstić information content (AvgIpc) is 2.75. The van der Waals surface area contributed by atoms with Gasteiger partial charge in [0.2, 0.25) is 0 Å². The topological polar surface area (TPSA) is 37.8 Å². The molecule has 1 heterocycles. The Kier molecular flexibility index (Phi) is 4.60. The number of anilines is 1. The molecule has 1 aromatic carbocycles. The highest BCUT2D eigenvalue weighted by molar-refractivity contribution is 7.97. The van der Waals surface area contributed by atoms with Crippen LogP contribution in [0.15, 0.2) is 18.2 Å². The molecule has 96 valence electrons. The van der Waals surface area contributed by atoms with E-state index in [0.29, 0.717) is 0 Å². The number of nitrogens with one attached hydrogen (secondary N) is 1. The first-order valence-corrected chi connectivity index (χ1v) is 7.75. The van der Waals surface area contributed by atoms with Gasteiger partial charge in [-0.15, -0.1) is 5.10 Å². The number of thioether (sulfide) groups is 1. The van der Waals surface area contributed by atoms with Gasteiger partial charge in [-0.05, 0) is 19.4 Å². The molecule has 2 aromatic rings. The average molecular weight is 279 g/mol. The number of aromatic nitrogens is 2. The second-order valence-corrected chi connectivity index (χ2v) is 6.03. The van der Waals surface area contributed by atoms with Gasteiger partial charge in [0, 0.05) is 30.1 Å². The van der Waals surface area contributed by atoms with Crippen molar-refractivity contribution in [3.8, 4) is 0 Å². The first-order valence-electron chi connectivity index (χ1n) is 5.83. The Morgan fingerprint density at radius 1 is 1.17 bits per heavy atom. The predicted molar refractivity (Wildman–Crippen MR) is 80.4 cm³/mol. The van der Waals surface area contributed by atoms with E-state index in [1.165, 1.54) is 28.2 Å². The zero-order valence-corrected chi connectivity index (χ0v) is 12.5. The minimum atomic E-state index is 0.902. The number of hydrogen-bond donors (Lipinski definition) is 1. The maximum atomic E-state index is 4.14. The Bertz CT molecular complexity index is 502. The Labute approximate surface area is 116 Å². The summed E-state index contributed by atoms with van der Waals surface area (Å²) in [5, 5.41) is 8.33. The number of nitrogens with zero attached hydrogens (tertiary/aromatic N) is 2. The van der Waals surface area contributed by atoms with Crippen molar-refractivity contribution in [1.29, 1.82) is 0 Å². The molecule has 0 spiro atoms. The van der Waals surface area contributed by atoms with Crippen molar-refractivity contribution in [2.75, 3.05) is 12.4 Å². The summed E-state index contributed by atoms with van der Waals surface area (Å²) < 4.78 is 3.96. The Hall–Kier alpha value is -1.07. The first kappa shape index (κ1) is 13.4. The van der Waals surface area contributed by atoms with Crippen LogP contribution in [0, 0.1) is 13.8 Å². The van der Waals surface area contributed by atoms with Crippen LogP contribution >= 0.6 is 23.3 Å². The summed E-state index contributed by atoms with van der Waals surface area (Å²) in [4.78, 5) is 0. The Balaban J connectivity index is 1.92. The fourth-order valence-electron chi connectivity index (χ4n) is 1.91. The first-order chi connectivity index (χ1) is 8.69. The van der Waals surface area contributed by atoms with Gasteiger partial charge in [0.25, 0.3) is 0 Å². The van der Waals surface area contributed by atoms with Crippen molar-refractivity contribution in [2.45, 2.75) is 25.4 Å². The molecule has 0 aliphatic carbocycles. The van der Waals surface area contributed by atoms with E-state index in [9.17, 15) is 0 Å². The minimum absolute atomic E-state index is 0.902. The lowest BCUT2D eigenvalue weighted by atomic mass is 10.1. The monoisotopic (exact) mass is 279 g/mol. The van der Waals surface area contributed by atoms with Crippen LogP contribution in [0.5, 0.6) is 0 Å². The molecule has 0 saturated carbocycles. The largest absolute Gasteiger partial charge is 0.377 e. The molecule has 0 aliphatic rings. The molecule has 2 rings (SSSR count). The highest BCUT2D eigenvalue weighted by atomic mass is 32.2. The van der Waals surface area contributed by atoms with Crippen LogP contribution in [0.25, 0.3) is 0 Å². The molecule has 3 nitrogen and oxygen atoms in total. The van der Waals surface area contributed by atoms with E-state index in [-0.39, 0.29) is 0 Å². The summed E-state index contributed by atoms with van der Waals surface area (Å²) in [5.41, 5.74) is 5.09. The fourth-order valence-corrected chi connectivity index (χ4v) is 3.43. The fraction of sp³-hybridized carbons (Fsp3) is 0.385. The molecule has 0 atom stereocenters. The molecule has 18 heavy (non-hydrogen) atoms. The third-order valence-electron chi connectivity index (χ3n) is 2.57. The van der Waals surface area contributed by atoms with Crippen LogP contribution in [0.3, 0.4) is 0 Å². The van der Waals surface area contributed by atoms with Crippen LogP contribution in [0.2, 0.25) is 0 Å². The van der Waals surface area contributed by atoms with Gasteiger partial charge in [0.1, 0.15) is 10.7 Å². The molecule has 0 unspecified atom stereocenters. The predicted octanol–water partition coefficient (Wildman–Crippen LogP) is 3.63. The van der Waals surface area contributed by atoms with Crippen LogP contribution in [-0.4, -0.2) is 16.6 Å². The summed E-state index contributed by atoms with van der Waals surface area (Å²) in [7, 11) is 1.91. The summed E-state index contributed by atoms with van der Waals surface area (Å²) in [5.74, 6) is 1.92. The number of hydrogen-bond acceptors (Lipinski definition) is 5. The van der Waals surface area contributed by atoms with Gasteiger partial charge >= 0.3 is 0 Å². The normalized spacial score (nSPS) is 10.6. The van der Waals surface area contributed by atoms with Gasteiger partial charge in [-0.2, -0.15) is 11.8 Å². The van der Waals surface area contributed by atoms with Crippen molar-refractivity contribution in [3.05, 3.63) is 40.6 Å². The maximum absolute atomic E-state index is 4.14. The molecule has 0 fully saturated rings. The van der Waals surface area contributed by atoms with E-state index in [2.05, 4.69) is 47.0 Å². The van der Waals surface area contributed by atoms with Gasteiger partial charge in [0.05, 0.1) is 0 Å². The highest BCUT2D eigenvalue weighted by Crippen LogP contribution is 2.24. The van der Waals surface area contributed by atoms with Crippen molar-refractivity contribution in [3.63, 3.8) is 0 Å². The summed E-state index contributed by atoms with van der Waals surface area (Å²) in [6.45, 7) is 4.29. The lowest BCUT2D eigenvalue weighted by Gasteiger charge is -2.05. The molecule has 1 aromatic heterocycles. The van der Waals surface area contributed by atoms with E-state index in [1.54, 1.807) is 0 Å². The van der Waals surface area contributed by atoms with Crippen LogP contribution in [0.4, 0.5) is 5.00 Å². The Morgan fingerprint density at radius 2 is 1.89 bits per heavy atom. The van der Waals surface area contributed by atoms with E-state index in [1.807, 2.05) is 18.8 Å². The maximum Gasteiger partial charge on any atom is 0.133 e. The van der Waals surface area contributed by atoms with Gasteiger partial charge in [0.15, 0.2) is 0 Å². The SMILES string of the molecule is CNc1snnc1CSCc1cc(C)cc(C)c1. The quantitative estimate of drug-likeness (QED) is 0.907. The molecule has 0 saturated heterocycles. The number of aryl methyl sites for hydroxylation is 2. The van der Waals surface area contributed by atoms with E-state index < -0.39 is 0 Å². The van der Waals surface area contributed by atoms with Crippen molar-refractivity contribution >= 4 is 28.3 Å². The summed E-state index contributed by atoms with van der Waals surface area (Å²) in [6.07, 6.45) is 0. The molecule has 0 aliphatic heterocycles. The smallest absolute Gasteiger partial charge is 0.133 e. The lowest BCUT2D eigenvalue weighted by Crippen LogP contribution is -1.91. The van der Waals surface area contributed by atoms with Crippen molar-refractivity contribution < 1.29 is 0 Å². The Morgan fingerprint density at radius 3 is 2.56 bits per heavy atom. The summed E-state index contributed by atoms with van der Waals surface area (Å²) in [6, 6.07) is 6.70. The van der Waals surface area contributed by atoms with Crippen molar-refractivity contribution in [1.82, 2.24) is 9.59 Å². The zero-order chi connectivity index (χ0) is 13.0. The molecular weight excluding hydrogens is 262 g/mol. The molecule has 0 radical (unpaired) electrons. The van der Waals surface area contributed by atoms with Crippen LogP contribution in [-0.2, 0) is 11.5 Å². The standard InChI is InChI=1S/C13H17N3S2/c1-9-4-10(2)6-11(5-9)7-17-8-12-13(14-3)18-16-15-12/h4-6,14H,7-8H2,1-3H3. The van der Waals surface area contributed by atoms with Crippen LogP contribution < -0.4 is 5.32 Å². The lowest BCUT2D eigenvalue weighted by molar-refractivity contribution is 1.07. The van der Waals surface area contributed by atoms with E-state index in [0.717, 1.165) is 22.2 Å². The second kappa shape index (κ2) is 6.20. The van der Waals surface area contributed by atoms with Gasteiger partial charge in [-0.1, -0.05) is 33.8 Å². The second-order valence-electron chi connectivity index (χ2n) is 4.29. The number of rotatable bonds is 5. The zero-order valence-electron chi connectivity index (χ0n) is 10.9.